The second-order valence-corrected chi connectivity index (χ2v) is 7.00. The third kappa shape index (κ3) is 8.82. The zero-order valence-corrected chi connectivity index (χ0v) is 16.9. The zero-order valence-electron chi connectivity index (χ0n) is 16.9. The second-order valence-electron chi connectivity index (χ2n) is 7.00. The monoisotopic (exact) mass is 434 g/mol. The zero-order chi connectivity index (χ0) is 23.0. The number of methoxy groups -OCH3 is 1. The van der Waals surface area contributed by atoms with Gasteiger partial charge in [-0.15, -0.1) is 0 Å². The number of ether oxygens (including phenoxy) is 2. The van der Waals surface area contributed by atoms with Gasteiger partial charge in [-0.3, -0.25) is 4.79 Å². The van der Waals surface area contributed by atoms with E-state index in [0.29, 0.717) is 0 Å². The van der Waals surface area contributed by atoms with Crippen molar-refractivity contribution in [2.24, 2.45) is 11.8 Å². The van der Waals surface area contributed by atoms with Crippen LogP contribution in [0.15, 0.2) is 0 Å². The lowest BCUT2D eigenvalue weighted by Gasteiger charge is -2.27. The average Bonchev–Trinajstić information content (AvgIpc) is 2.61. The van der Waals surface area contributed by atoms with Crippen molar-refractivity contribution in [3.63, 3.8) is 0 Å². The first-order valence-corrected chi connectivity index (χ1v) is 8.92. The molecule has 0 heterocycles. The lowest BCUT2D eigenvalue weighted by molar-refractivity contribution is -0.294. The fourth-order valence-corrected chi connectivity index (χ4v) is 2.16. The van der Waals surface area contributed by atoms with E-state index >= 15 is 0 Å². The van der Waals surface area contributed by atoms with Gasteiger partial charge in [-0.2, -0.15) is 22.0 Å². The molecule has 0 radical (unpaired) electrons. The Hall–Kier alpha value is -2.14. The van der Waals surface area contributed by atoms with Gasteiger partial charge in [0.15, 0.2) is 6.61 Å². The SMILES string of the molecule is CCC(C)C(NC(=O)C(CC(C)C)NC(=O)OC)C(=O)OCC(F)(F)C(F)(F)F. The molecule has 0 bridgehead atoms. The fraction of sp³-hybridized carbons (Fsp3) is 0.824. The van der Waals surface area contributed by atoms with E-state index in [1.54, 1.807) is 20.8 Å². The lowest BCUT2D eigenvalue weighted by atomic mass is 9.97. The van der Waals surface area contributed by atoms with Crippen LogP contribution in [0, 0.1) is 11.8 Å². The average molecular weight is 434 g/mol. The molecule has 2 N–H and O–H groups in total. The summed E-state index contributed by atoms with van der Waals surface area (Å²) in [4.78, 5) is 36.1. The Morgan fingerprint density at radius 2 is 1.55 bits per heavy atom. The van der Waals surface area contributed by atoms with Crippen LogP contribution in [0.4, 0.5) is 26.7 Å². The maximum Gasteiger partial charge on any atom is 0.456 e. The third-order valence-corrected chi connectivity index (χ3v) is 4.08. The molecule has 3 atom stereocenters. The predicted octanol–water partition coefficient (Wildman–Crippen LogP) is 3.03. The molecule has 170 valence electrons. The highest BCUT2D eigenvalue weighted by molar-refractivity contribution is 5.89. The van der Waals surface area contributed by atoms with E-state index in [1.165, 1.54) is 6.92 Å². The van der Waals surface area contributed by atoms with E-state index < -0.39 is 54.7 Å². The van der Waals surface area contributed by atoms with Crippen molar-refractivity contribution < 1.29 is 45.8 Å². The van der Waals surface area contributed by atoms with Gasteiger partial charge in [0.25, 0.3) is 0 Å². The minimum absolute atomic E-state index is 0.0533. The van der Waals surface area contributed by atoms with Gasteiger partial charge in [0.2, 0.25) is 5.91 Å². The van der Waals surface area contributed by atoms with E-state index in [4.69, 9.17) is 0 Å². The number of carbonyl (C=O) groups is 3. The summed E-state index contributed by atoms with van der Waals surface area (Å²) in [6.45, 7) is 4.44. The summed E-state index contributed by atoms with van der Waals surface area (Å²) in [5.74, 6) is -8.17. The Morgan fingerprint density at radius 1 is 1.00 bits per heavy atom. The topological polar surface area (TPSA) is 93.7 Å². The molecular formula is C17H27F5N2O5. The minimum atomic E-state index is -5.88. The molecule has 0 spiro atoms. The largest absolute Gasteiger partial charge is 0.457 e. The van der Waals surface area contributed by atoms with Crippen LogP contribution >= 0.6 is 0 Å². The second kappa shape index (κ2) is 11.1. The van der Waals surface area contributed by atoms with Crippen LogP contribution in [0.1, 0.15) is 40.5 Å². The summed E-state index contributed by atoms with van der Waals surface area (Å²) < 4.78 is 71.3. The number of hydrogen-bond acceptors (Lipinski definition) is 5. The van der Waals surface area contributed by atoms with Crippen molar-refractivity contribution in [3.05, 3.63) is 0 Å². The van der Waals surface area contributed by atoms with Crippen LogP contribution in [-0.2, 0) is 19.1 Å². The first-order chi connectivity index (χ1) is 13.2. The summed E-state index contributed by atoms with van der Waals surface area (Å²) in [5.41, 5.74) is 0. The van der Waals surface area contributed by atoms with Gasteiger partial charge < -0.3 is 20.1 Å². The summed E-state index contributed by atoms with van der Waals surface area (Å²) in [6, 6.07) is -2.59. The van der Waals surface area contributed by atoms with Crippen LogP contribution < -0.4 is 10.6 Å². The van der Waals surface area contributed by atoms with Gasteiger partial charge >= 0.3 is 24.2 Å². The van der Waals surface area contributed by atoms with E-state index in [1.807, 2.05) is 0 Å². The predicted molar refractivity (Wildman–Crippen MR) is 92.1 cm³/mol. The minimum Gasteiger partial charge on any atom is -0.457 e. The molecule has 3 unspecified atom stereocenters. The van der Waals surface area contributed by atoms with Crippen molar-refractivity contribution in [2.75, 3.05) is 13.7 Å². The number of esters is 1. The fourth-order valence-electron chi connectivity index (χ4n) is 2.16. The third-order valence-electron chi connectivity index (χ3n) is 4.08. The maximum atomic E-state index is 13.0. The standard InChI is InChI=1S/C17H27F5N2O5/c1-6-10(4)12(14(26)29-8-16(18,19)17(20,21)22)24-13(25)11(7-9(2)3)23-15(27)28-5/h9-12H,6-8H2,1-5H3,(H,23,27)(H,24,25). The highest BCUT2D eigenvalue weighted by Crippen LogP contribution is 2.35. The smallest absolute Gasteiger partial charge is 0.456 e. The molecular weight excluding hydrogens is 407 g/mol. The number of hydrogen-bond donors (Lipinski definition) is 2. The number of carbonyl (C=O) groups excluding carboxylic acids is 3. The van der Waals surface area contributed by atoms with Gasteiger partial charge in [-0.1, -0.05) is 34.1 Å². The highest BCUT2D eigenvalue weighted by atomic mass is 19.4. The number of nitrogens with one attached hydrogen (secondary N) is 2. The van der Waals surface area contributed by atoms with Gasteiger partial charge in [-0.25, -0.2) is 9.59 Å². The van der Waals surface area contributed by atoms with E-state index in [0.717, 1.165) is 7.11 Å². The van der Waals surface area contributed by atoms with E-state index in [-0.39, 0.29) is 18.8 Å². The summed E-state index contributed by atoms with van der Waals surface area (Å²) in [6.07, 6.45) is -6.34. The Kier molecular flexibility index (Phi) is 10.3. The molecule has 0 aromatic heterocycles. The highest BCUT2D eigenvalue weighted by Gasteiger charge is 2.58. The van der Waals surface area contributed by atoms with Crippen molar-refractivity contribution >= 4 is 18.0 Å². The first kappa shape index (κ1) is 26.9. The molecule has 0 aromatic rings. The molecule has 0 aromatic carbocycles. The molecule has 0 saturated heterocycles. The van der Waals surface area contributed by atoms with Gasteiger partial charge in [-0.05, 0) is 18.3 Å². The van der Waals surface area contributed by atoms with Crippen LogP contribution in [0.5, 0.6) is 0 Å². The molecule has 29 heavy (non-hydrogen) atoms. The summed E-state index contributed by atoms with van der Waals surface area (Å²) in [7, 11) is 1.08. The molecule has 2 amide bonds. The molecule has 0 fully saturated rings. The van der Waals surface area contributed by atoms with Crippen molar-refractivity contribution in [1.82, 2.24) is 10.6 Å². The Bertz CT molecular complexity index is 569. The van der Waals surface area contributed by atoms with Gasteiger partial charge in [0, 0.05) is 0 Å². The molecule has 0 aliphatic carbocycles. The first-order valence-electron chi connectivity index (χ1n) is 8.92. The molecule has 7 nitrogen and oxygen atoms in total. The number of alkyl carbamates (subject to hydrolysis) is 1. The Morgan fingerprint density at radius 3 is 1.97 bits per heavy atom. The van der Waals surface area contributed by atoms with E-state index in [9.17, 15) is 36.3 Å². The summed E-state index contributed by atoms with van der Waals surface area (Å²) in [5, 5.41) is 4.55. The Labute approximate surface area is 165 Å². The number of halogens is 5. The molecule has 0 saturated carbocycles. The molecule has 12 heteroatoms. The van der Waals surface area contributed by atoms with Gasteiger partial charge in [0.1, 0.15) is 12.1 Å². The Balaban J connectivity index is 5.32. The van der Waals surface area contributed by atoms with Gasteiger partial charge in [0.05, 0.1) is 7.11 Å². The number of alkyl halides is 5. The van der Waals surface area contributed by atoms with E-state index in [2.05, 4.69) is 20.1 Å². The van der Waals surface area contributed by atoms with Crippen molar-refractivity contribution in [1.29, 1.82) is 0 Å². The number of amides is 2. The lowest BCUT2D eigenvalue weighted by Crippen LogP contribution is -2.54. The van der Waals surface area contributed by atoms with Crippen LogP contribution in [0.3, 0.4) is 0 Å². The van der Waals surface area contributed by atoms with Crippen LogP contribution in [0.25, 0.3) is 0 Å². The van der Waals surface area contributed by atoms with Crippen molar-refractivity contribution in [2.45, 2.75) is 64.7 Å². The summed E-state index contributed by atoms with van der Waals surface area (Å²) >= 11 is 0. The molecule has 0 rings (SSSR count). The van der Waals surface area contributed by atoms with Crippen LogP contribution in [0.2, 0.25) is 0 Å². The quantitative estimate of drug-likeness (QED) is 0.407. The maximum absolute atomic E-state index is 13.0. The normalized spacial score (nSPS) is 15.3. The number of rotatable bonds is 10. The molecule has 0 aliphatic heterocycles. The molecule has 0 aliphatic rings. The van der Waals surface area contributed by atoms with Crippen molar-refractivity contribution in [3.8, 4) is 0 Å². The van der Waals surface area contributed by atoms with Crippen LogP contribution in [-0.4, -0.2) is 55.9 Å².